The molecule has 2 heterocycles. The van der Waals surface area contributed by atoms with Crippen LogP contribution < -0.4 is 5.32 Å². The Morgan fingerprint density at radius 3 is 3.04 bits per heavy atom. The van der Waals surface area contributed by atoms with Crippen molar-refractivity contribution < 1.29 is 9.90 Å². The molecule has 6 nitrogen and oxygen atoms in total. The van der Waals surface area contributed by atoms with Gasteiger partial charge in [0.15, 0.2) is 0 Å². The monoisotopic (exact) mass is 340 g/mol. The first-order valence-electron chi connectivity index (χ1n) is 7.63. The maximum Gasteiger partial charge on any atom is 0.271 e. The Labute approximate surface area is 142 Å². The zero-order valence-corrected chi connectivity index (χ0v) is 13.8. The number of hydrogen-bond acceptors (Lipinski definition) is 5. The Kier molecular flexibility index (Phi) is 3.66. The van der Waals surface area contributed by atoms with Crippen LogP contribution in [0.1, 0.15) is 27.7 Å². The van der Waals surface area contributed by atoms with Crippen LogP contribution in [-0.2, 0) is 13.5 Å². The highest BCUT2D eigenvalue weighted by atomic mass is 32.1. The number of carbonyl (C=O) groups excluding carboxylic acids is 1. The molecule has 0 bridgehead atoms. The van der Waals surface area contributed by atoms with Gasteiger partial charge in [-0.25, -0.2) is 4.98 Å². The van der Waals surface area contributed by atoms with Gasteiger partial charge in [0.2, 0.25) is 0 Å². The molecule has 0 saturated carbocycles. The van der Waals surface area contributed by atoms with E-state index < -0.39 is 12.1 Å². The van der Waals surface area contributed by atoms with Gasteiger partial charge in [-0.05, 0) is 11.1 Å². The summed E-state index contributed by atoms with van der Waals surface area (Å²) in [5.74, 6) is -0.276. The Morgan fingerprint density at radius 1 is 1.42 bits per heavy atom. The first-order valence-corrected chi connectivity index (χ1v) is 8.51. The fourth-order valence-electron chi connectivity index (χ4n) is 3.01. The number of aryl methyl sites for hydroxylation is 1. The molecule has 2 unspecified atom stereocenters. The predicted octanol–water partition coefficient (Wildman–Crippen LogP) is 1.93. The average molecular weight is 340 g/mol. The maximum atomic E-state index is 12.5. The summed E-state index contributed by atoms with van der Waals surface area (Å²) in [6, 6.07) is 7.39. The number of hydrogen-bond donors (Lipinski definition) is 2. The minimum Gasteiger partial charge on any atom is -0.390 e. The van der Waals surface area contributed by atoms with Gasteiger partial charge >= 0.3 is 0 Å². The maximum absolute atomic E-state index is 12.5. The fraction of sp³-hybridized carbons (Fsp3) is 0.235. The number of fused-ring (bicyclic) bond motifs is 1. The number of thiazole rings is 1. The van der Waals surface area contributed by atoms with E-state index in [1.54, 1.807) is 16.3 Å². The smallest absolute Gasteiger partial charge is 0.271 e. The van der Waals surface area contributed by atoms with Crippen molar-refractivity contribution in [1.29, 1.82) is 0 Å². The van der Waals surface area contributed by atoms with Crippen molar-refractivity contribution in [3.05, 3.63) is 58.9 Å². The molecule has 3 aromatic rings. The van der Waals surface area contributed by atoms with Crippen molar-refractivity contribution in [2.75, 3.05) is 0 Å². The molecule has 1 amide bonds. The third-order valence-corrected chi connectivity index (χ3v) is 5.07. The Morgan fingerprint density at radius 2 is 2.25 bits per heavy atom. The summed E-state index contributed by atoms with van der Waals surface area (Å²) >= 11 is 1.40. The van der Waals surface area contributed by atoms with E-state index >= 15 is 0 Å². The minimum atomic E-state index is -0.609. The van der Waals surface area contributed by atoms with Crippen LogP contribution in [0.3, 0.4) is 0 Å². The van der Waals surface area contributed by atoms with E-state index in [1.807, 2.05) is 37.5 Å². The van der Waals surface area contributed by atoms with Gasteiger partial charge in [-0.2, -0.15) is 5.10 Å². The lowest BCUT2D eigenvalue weighted by Crippen LogP contribution is -2.34. The third-order valence-electron chi connectivity index (χ3n) is 4.18. The van der Waals surface area contributed by atoms with Crippen LogP contribution in [0.5, 0.6) is 0 Å². The molecular weight excluding hydrogens is 324 g/mol. The summed E-state index contributed by atoms with van der Waals surface area (Å²) < 4.78 is 1.70. The van der Waals surface area contributed by atoms with Crippen molar-refractivity contribution >= 4 is 17.2 Å². The van der Waals surface area contributed by atoms with Crippen molar-refractivity contribution in [3.63, 3.8) is 0 Å². The number of aliphatic hydroxyl groups excluding tert-OH is 1. The summed E-state index contributed by atoms with van der Waals surface area (Å²) in [6.07, 6.45) is 3.52. The molecule has 0 spiro atoms. The lowest BCUT2D eigenvalue weighted by Gasteiger charge is -2.17. The van der Waals surface area contributed by atoms with Crippen LogP contribution in [0.2, 0.25) is 0 Å². The van der Waals surface area contributed by atoms with E-state index in [4.69, 9.17) is 0 Å². The number of nitrogens with zero attached hydrogens (tertiary/aromatic N) is 3. The van der Waals surface area contributed by atoms with E-state index in [2.05, 4.69) is 15.4 Å². The normalized spacial score (nSPS) is 19.2. The highest BCUT2D eigenvalue weighted by Crippen LogP contribution is 2.31. The highest BCUT2D eigenvalue weighted by Gasteiger charge is 2.32. The van der Waals surface area contributed by atoms with Crippen LogP contribution >= 0.6 is 11.3 Å². The molecule has 0 saturated heterocycles. The van der Waals surface area contributed by atoms with Crippen LogP contribution in [0, 0.1) is 0 Å². The molecule has 1 aliphatic rings. The molecular formula is C17H16N4O2S. The molecule has 2 atom stereocenters. The molecule has 1 aliphatic carbocycles. The van der Waals surface area contributed by atoms with E-state index in [0.717, 1.165) is 21.7 Å². The van der Waals surface area contributed by atoms with Crippen LogP contribution in [0.25, 0.3) is 10.6 Å². The Balaban J connectivity index is 1.54. The second-order valence-electron chi connectivity index (χ2n) is 5.86. The SMILES string of the molecule is Cn1cc(-c2nc(C(=O)NC3c4ccccc4CC3O)cs2)cn1. The number of rotatable bonds is 3. The van der Waals surface area contributed by atoms with Crippen LogP contribution in [-0.4, -0.2) is 31.9 Å². The molecule has 4 rings (SSSR count). The zero-order valence-electron chi connectivity index (χ0n) is 13.0. The summed E-state index contributed by atoms with van der Waals surface area (Å²) in [5.41, 5.74) is 3.29. The van der Waals surface area contributed by atoms with Crippen LogP contribution in [0.15, 0.2) is 42.0 Å². The standard InChI is InChI=1S/C17H16N4O2S/c1-21-8-11(7-18-21)17-19-13(9-24-17)16(23)20-15-12-5-3-2-4-10(12)6-14(15)22/h2-5,7-9,14-15,22H,6H2,1H3,(H,20,23). The second kappa shape index (κ2) is 5.85. The van der Waals surface area contributed by atoms with Crippen molar-refractivity contribution in [2.45, 2.75) is 18.6 Å². The largest absolute Gasteiger partial charge is 0.390 e. The van der Waals surface area contributed by atoms with Crippen molar-refractivity contribution in [3.8, 4) is 10.6 Å². The topological polar surface area (TPSA) is 80.0 Å². The molecule has 24 heavy (non-hydrogen) atoms. The quantitative estimate of drug-likeness (QED) is 0.763. The fourth-order valence-corrected chi connectivity index (χ4v) is 3.78. The molecule has 7 heteroatoms. The lowest BCUT2D eigenvalue weighted by atomic mass is 10.1. The molecule has 0 fully saturated rings. The number of aliphatic hydroxyl groups is 1. The minimum absolute atomic E-state index is 0.276. The van der Waals surface area contributed by atoms with Crippen molar-refractivity contribution in [2.24, 2.45) is 7.05 Å². The molecule has 0 radical (unpaired) electrons. The number of benzene rings is 1. The van der Waals surface area contributed by atoms with Gasteiger partial charge in [0.05, 0.1) is 18.3 Å². The lowest BCUT2D eigenvalue weighted by molar-refractivity contribution is 0.0854. The Bertz CT molecular complexity index is 901. The van der Waals surface area contributed by atoms with E-state index in [0.29, 0.717) is 12.1 Å². The first-order chi connectivity index (χ1) is 11.6. The summed E-state index contributed by atoms with van der Waals surface area (Å²) in [4.78, 5) is 16.9. The number of amides is 1. The first kappa shape index (κ1) is 15.0. The highest BCUT2D eigenvalue weighted by molar-refractivity contribution is 7.13. The summed E-state index contributed by atoms with van der Waals surface area (Å²) in [5, 5.41) is 19.7. The predicted molar refractivity (Wildman–Crippen MR) is 90.7 cm³/mol. The van der Waals surface area contributed by atoms with Gasteiger partial charge in [0, 0.05) is 30.6 Å². The number of carbonyl (C=O) groups is 1. The van der Waals surface area contributed by atoms with E-state index in [1.165, 1.54) is 11.3 Å². The summed E-state index contributed by atoms with van der Waals surface area (Å²) in [6.45, 7) is 0. The van der Waals surface area contributed by atoms with Gasteiger partial charge in [0.1, 0.15) is 10.7 Å². The molecule has 0 aliphatic heterocycles. The van der Waals surface area contributed by atoms with Crippen LogP contribution in [0.4, 0.5) is 0 Å². The number of aromatic nitrogens is 3. The van der Waals surface area contributed by atoms with Gasteiger partial charge in [-0.1, -0.05) is 24.3 Å². The second-order valence-corrected chi connectivity index (χ2v) is 6.72. The van der Waals surface area contributed by atoms with Gasteiger partial charge in [-0.3, -0.25) is 9.48 Å². The zero-order chi connectivity index (χ0) is 16.7. The molecule has 2 aromatic heterocycles. The van der Waals surface area contributed by atoms with Gasteiger partial charge in [0.25, 0.3) is 5.91 Å². The third kappa shape index (κ3) is 2.61. The van der Waals surface area contributed by atoms with E-state index in [-0.39, 0.29) is 5.91 Å². The molecule has 2 N–H and O–H groups in total. The van der Waals surface area contributed by atoms with Gasteiger partial charge in [-0.15, -0.1) is 11.3 Å². The number of nitrogens with one attached hydrogen (secondary N) is 1. The van der Waals surface area contributed by atoms with E-state index in [9.17, 15) is 9.90 Å². The molecule has 1 aromatic carbocycles. The van der Waals surface area contributed by atoms with Gasteiger partial charge < -0.3 is 10.4 Å². The molecule has 122 valence electrons. The average Bonchev–Trinajstić information content (AvgIpc) is 3.27. The Hall–Kier alpha value is -2.51. The van der Waals surface area contributed by atoms with Crippen molar-refractivity contribution in [1.82, 2.24) is 20.1 Å². The summed E-state index contributed by atoms with van der Waals surface area (Å²) in [7, 11) is 1.84.